The van der Waals surface area contributed by atoms with E-state index in [2.05, 4.69) is 83.2 Å². The summed E-state index contributed by atoms with van der Waals surface area (Å²) in [6.45, 7) is 3.98. The third-order valence-electron chi connectivity index (χ3n) is 6.59. The minimum Gasteiger partial charge on any atom is -0.497 e. The molecule has 178 valence electrons. The van der Waals surface area contributed by atoms with Crippen molar-refractivity contribution in [1.82, 2.24) is 15.5 Å². The Balaban J connectivity index is 1.32. The summed E-state index contributed by atoms with van der Waals surface area (Å²) in [4.78, 5) is 15.4. The Morgan fingerprint density at radius 2 is 1.65 bits per heavy atom. The van der Waals surface area contributed by atoms with E-state index in [-0.39, 0.29) is 17.7 Å². The topological polar surface area (TPSA) is 53.6 Å². The van der Waals surface area contributed by atoms with Gasteiger partial charge in [0.15, 0.2) is 0 Å². The molecule has 0 radical (unpaired) electrons. The lowest BCUT2D eigenvalue weighted by atomic mass is 9.87. The van der Waals surface area contributed by atoms with Gasteiger partial charge in [-0.05, 0) is 47.9 Å². The lowest BCUT2D eigenvalue weighted by molar-refractivity contribution is -0.124. The van der Waals surface area contributed by atoms with Gasteiger partial charge < -0.3 is 20.3 Å². The van der Waals surface area contributed by atoms with E-state index in [1.54, 1.807) is 7.11 Å². The monoisotopic (exact) mass is 457 g/mol. The van der Waals surface area contributed by atoms with Gasteiger partial charge in [0, 0.05) is 38.6 Å². The molecule has 5 heteroatoms. The molecule has 1 saturated heterocycles. The smallest absolute Gasteiger partial charge is 0.225 e. The number of ether oxygens (including phenoxy) is 1. The number of likely N-dealkylation sites (N-methyl/N-ethyl adjacent to an activating group) is 1. The highest BCUT2D eigenvalue weighted by atomic mass is 16.5. The fourth-order valence-corrected chi connectivity index (χ4v) is 4.74. The second-order valence-corrected chi connectivity index (χ2v) is 9.16. The van der Waals surface area contributed by atoms with Gasteiger partial charge >= 0.3 is 0 Å². The van der Waals surface area contributed by atoms with E-state index in [0.29, 0.717) is 6.54 Å². The molecule has 34 heavy (non-hydrogen) atoms. The zero-order chi connectivity index (χ0) is 23.8. The van der Waals surface area contributed by atoms with Crippen LogP contribution in [-0.2, 0) is 24.3 Å². The molecule has 0 aromatic heterocycles. The number of hydrogen-bond acceptors (Lipinski definition) is 4. The Morgan fingerprint density at radius 1 is 0.912 bits per heavy atom. The minimum absolute atomic E-state index is 0.0339. The molecule has 1 aliphatic heterocycles. The van der Waals surface area contributed by atoms with Gasteiger partial charge in [-0.1, -0.05) is 66.7 Å². The van der Waals surface area contributed by atoms with Crippen molar-refractivity contribution in [3.63, 3.8) is 0 Å². The summed E-state index contributed by atoms with van der Waals surface area (Å²) in [7, 11) is 3.77. The van der Waals surface area contributed by atoms with Crippen LogP contribution in [0.4, 0.5) is 0 Å². The van der Waals surface area contributed by atoms with Crippen LogP contribution in [-0.4, -0.2) is 44.6 Å². The van der Waals surface area contributed by atoms with Gasteiger partial charge in [0.25, 0.3) is 0 Å². The van der Waals surface area contributed by atoms with Gasteiger partial charge in [-0.2, -0.15) is 0 Å². The van der Waals surface area contributed by atoms with Gasteiger partial charge in [-0.3, -0.25) is 4.79 Å². The second-order valence-electron chi connectivity index (χ2n) is 9.16. The van der Waals surface area contributed by atoms with Crippen molar-refractivity contribution in [3.8, 4) is 5.75 Å². The molecule has 0 bridgehead atoms. The predicted molar refractivity (Wildman–Crippen MR) is 137 cm³/mol. The van der Waals surface area contributed by atoms with Crippen LogP contribution in [0.15, 0.2) is 78.9 Å². The number of nitrogens with zero attached hydrogens (tertiary/aromatic N) is 1. The van der Waals surface area contributed by atoms with Crippen molar-refractivity contribution >= 4 is 5.91 Å². The first kappa shape index (κ1) is 24.0. The van der Waals surface area contributed by atoms with E-state index < -0.39 is 0 Å². The quantitative estimate of drug-likeness (QED) is 0.483. The average Bonchev–Trinajstić information content (AvgIpc) is 3.27. The molecule has 1 amide bonds. The molecule has 3 aromatic rings. The van der Waals surface area contributed by atoms with E-state index in [9.17, 15) is 4.79 Å². The van der Waals surface area contributed by atoms with Gasteiger partial charge in [0.2, 0.25) is 5.91 Å². The number of hydrogen-bond donors (Lipinski definition) is 2. The molecule has 0 saturated carbocycles. The summed E-state index contributed by atoms with van der Waals surface area (Å²) in [5.41, 5.74) is 4.97. The number of carbonyl (C=O) groups excluding carboxylic acids is 1. The SMILES string of the molecule is COc1ccc(CCNC(=O)[C@@H]2CN(C)C[C@@H]2c2cccc(CNCc3ccccc3)c2)cc1. The van der Waals surface area contributed by atoms with E-state index in [1.165, 1.54) is 22.3 Å². The first-order valence-electron chi connectivity index (χ1n) is 12.0. The Bertz CT molecular complexity index is 1050. The van der Waals surface area contributed by atoms with E-state index in [4.69, 9.17) is 4.74 Å². The van der Waals surface area contributed by atoms with Crippen LogP contribution >= 0.6 is 0 Å². The van der Waals surface area contributed by atoms with E-state index in [0.717, 1.165) is 38.3 Å². The standard InChI is InChI=1S/C29H35N3O2/c1-32-20-27(25-10-6-9-24(17-25)19-30-18-23-7-4-3-5-8-23)28(21-32)29(33)31-16-15-22-11-13-26(34-2)14-12-22/h3-14,17,27-28,30H,15-16,18-21H2,1-2H3,(H,31,33)/t27-,28-/m1/s1. The van der Waals surface area contributed by atoms with Crippen molar-refractivity contribution < 1.29 is 9.53 Å². The Hall–Kier alpha value is -3.15. The van der Waals surface area contributed by atoms with Crippen LogP contribution in [0.3, 0.4) is 0 Å². The maximum Gasteiger partial charge on any atom is 0.225 e. The maximum absolute atomic E-state index is 13.1. The molecule has 1 heterocycles. The second kappa shape index (κ2) is 11.8. The van der Waals surface area contributed by atoms with Crippen molar-refractivity contribution in [2.45, 2.75) is 25.4 Å². The van der Waals surface area contributed by atoms with Gasteiger partial charge in [0.05, 0.1) is 13.0 Å². The molecule has 2 N–H and O–H groups in total. The van der Waals surface area contributed by atoms with E-state index in [1.807, 2.05) is 18.2 Å². The lowest BCUT2D eigenvalue weighted by Gasteiger charge is -2.19. The normalized spacial score (nSPS) is 18.1. The zero-order valence-corrected chi connectivity index (χ0v) is 20.2. The third-order valence-corrected chi connectivity index (χ3v) is 6.59. The number of rotatable bonds is 10. The fraction of sp³-hybridized carbons (Fsp3) is 0.345. The molecule has 5 nitrogen and oxygen atoms in total. The summed E-state index contributed by atoms with van der Waals surface area (Å²) >= 11 is 0. The molecule has 4 rings (SSSR count). The summed E-state index contributed by atoms with van der Waals surface area (Å²) < 4.78 is 5.22. The maximum atomic E-state index is 13.1. The third kappa shape index (κ3) is 6.46. The molecule has 1 fully saturated rings. The summed E-state index contributed by atoms with van der Waals surface area (Å²) in [5, 5.41) is 6.71. The number of amides is 1. The highest BCUT2D eigenvalue weighted by Crippen LogP contribution is 2.32. The molecule has 0 spiro atoms. The zero-order valence-electron chi connectivity index (χ0n) is 20.2. The highest BCUT2D eigenvalue weighted by molar-refractivity contribution is 5.80. The Morgan fingerprint density at radius 3 is 2.41 bits per heavy atom. The molecule has 0 unspecified atom stereocenters. The predicted octanol–water partition coefficient (Wildman–Crippen LogP) is 3.99. The van der Waals surface area contributed by atoms with Crippen LogP contribution in [0.1, 0.15) is 28.2 Å². The Labute approximate surface area is 203 Å². The molecular formula is C29H35N3O2. The van der Waals surface area contributed by atoms with Crippen molar-refractivity contribution in [1.29, 1.82) is 0 Å². The number of benzene rings is 3. The first-order valence-corrected chi connectivity index (χ1v) is 12.0. The van der Waals surface area contributed by atoms with E-state index >= 15 is 0 Å². The highest BCUT2D eigenvalue weighted by Gasteiger charge is 2.36. The minimum atomic E-state index is -0.0339. The number of methoxy groups -OCH3 is 1. The molecular weight excluding hydrogens is 422 g/mol. The molecule has 3 aromatic carbocycles. The average molecular weight is 458 g/mol. The molecule has 2 atom stereocenters. The summed E-state index contributed by atoms with van der Waals surface area (Å²) in [6.07, 6.45) is 0.811. The lowest BCUT2D eigenvalue weighted by Crippen LogP contribution is -2.35. The molecule has 1 aliphatic rings. The van der Waals surface area contributed by atoms with Crippen LogP contribution in [0.5, 0.6) is 5.75 Å². The van der Waals surface area contributed by atoms with Gasteiger partial charge in [-0.15, -0.1) is 0 Å². The van der Waals surface area contributed by atoms with Gasteiger partial charge in [-0.25, -0.2) is 0 Å². The van der Waals surface area contributed by atoms with Crippen molar-refractivity contribution in [2.24, 2.45) is 5.92 Å². The Kier molecular flexibility index (Phi) is 8.34. The summed E-state index contributed by atoms with van der Waals surface area (Å²) in [5.74, 6) is 1.17. The van der Waals surface area contributed by atoms with Crippen LogP contribution < -0.4 is 15.4 Å². The van der Waals surface area contributed by atoms with Crippen LogP contribution in [0.2, 0.25) is 0 Å². The largest absolute Gasteiger partial charge is 0.497 e. The first-order chi connectivity index (χ1) is 16.6. The van der Waals surface area contributed by atoms with Crippen molar-refractivity contribution in [2.75, 3.05) is 33.8 Å². The van der Waals surface area contributed by atoms with Gasteiger partial charge in [0.1, 0.15) is 5.75 Å². The number of carbonyl (C=O) groups is 1. The number of nitrogens with one attached hydrogen (secondary N) is 2. The van der Waals surface area contributed by atoms with Crippen molar-refractivity contribution in [3.05, 3.63) is 101 Å². The fourth-order valence-electron chi connectivity index (χ4n) is 4.74. The molecule has 0 aliphatic carbocycles. The van der Waals surface area contributed by atoms with Crippen LogP contribution in [0.25, 0.3) is 0 Å². The number of likely N-dealkylation sites (tertiary alicyclic amines) is 1. The van der Waals surface area contributed by atoms with Crippen LogP contribution in [0, 0.1) is 5.92 Å². The summed E-state index contributed by atoms with van der Waals surface area (Å²) in [6, 6.07) is 27.2.